The van der Waals surface area contributed by atoms with Gasteiger partial charge >= 0.3 is 0 Å². The molecular weight excluding hydrogens is 275 g/mol. The molecule has 0 aliphatic carbocycles. The maximum atomic E-state index is 4.25. The predicted octanol–water partition coefficient (Wildman–Crippen LogP) is -1.76. The Morgan fingerprint density at radius 2 is 1.00 bits per heavy atom. The van der Waals surface area contributed by atoms with Gasteiger partial charge in [-0.1, -0.05) is 0 Å². The Bertz CT molecular complexity index is 7.61. The van der Waals surface area contributed by atoms with Crippen LogP contribution in [0.2, 0.25) is 0 Å². The molecule has 0 rings (SSSR count). The van der Waals surface area contributed by atoms with E-state index in [1.807, 2.05) is 0 Å². The summed E-state index contributed by atoms with van der Waals surface area (Å²) >= 11 is 0. The summed E-state index contributed by atoms with van der Waals surface area (Å²) in [4.78, 5) is 0. The molecule has 36 valence electrons. The quantitative estimate of drug-likeness (QED) is 0.365. The average Bonchev–Trinajstić information content (AvgIpc) is 1.00. The number of rotatable bonds is 0. The summed E-state index contributed by atoms with van der Waals surface area (Å²) in [6.07, 6.45) is 0. The summed E-state index contributed by atoms with van der Waals surface area (Å²) in [7, 11) is 0. The molecule has 0 bridgehead atoms. The molecule has 0 aliphatic rings. The van der Waals surface area contributed by atoms with Crippen molar-refractivity contribution in [2.45, 2.75) is 0 Å². The van der Waals surface area contributed by atoms with Gasteiger partial charge in [-0.3, -0.25) is 6.58 Å². The average molecular weight is 284 g/mol. The molecule has 2 radical (unpaired) electrons. The molecule has 0 spiro atoms. The molecule has 0 aromatic rings. The van der Waals surface area contributed by atoms with Crippen LogP contribution in [-0.4, -0.2) is 21.9 Å². The van der Waals surface area contributed by atoms with Gasteiger partial charge in [0.15, 0.2) is 0 Å². The Morgan fingerprint density at radius 3 is 1.00 bits per heavy atom. The van der Waals surface area contributed by atoms with Crippen LogP contribution in [0.25, 0.3) is 0 Å². The summed E-state index contributed by atoms with van der Waals surface area (Å²) in [5.41, 5.74) is 0. The molecule has 0 amide bonds. The zero-order valence-electron chi connectivity index (χ0n) is 3.60. The van der Waals surface area contributed by atoms with Crippen molar-refractivity contribution in [1.82, 2.24) is 0 Å². The van der Waals surface area contributed by atoms with Crippen molar-refractivity contribution in [3.05, 3.63) is 13.2 Å². The molecule has 3 heteroatoms. The zero-order chi connectivity index (χ0) is 2.00. The van der Waals surface area contributed by atoms with E-state index in [0.717, 1.165) is 0 Å². The Labute approximate surface area is 56.3 Å². The Balaban J connectivity index is -0.00000000167. The van der Waals surface area contributed by atoms with E-state index in [0.29, 0.717) is 0 Å². The second-order valence-electron chi connectivity index (χ2n) is 0. The van der Waals surface area contributed by atoms with E-state index in [9.17, 15) is 0 Å². The second kappa shape index (κ2) is 97.6. The van der Waals surface area contributed by atoms with Crippen LogP contribution in [0.15, 0.2) is 6.58 Å². The normalized spacial score (nSPS) is 0.800. The summed E-state index contributed by atoms with van der Waals surface area (Å²) < 4.78 is 0. The predicted molar refractivity (Wildman–Crippen MR) is 29.8 cm³/mol. The monoisotopic (exact) mass is 284 g/mol. The molecule has 0 N–H and O–H groups in total. The number of hydrogen-bond donors (Lipinski definition) is 0. The van der Waals surface area contributed by atoms with E-state index >= 15 is 0 Å². The van der Waals surface area contributed by atoms with E-state index in [1.165, 1.54) is 0 Å². The Hall–Kier alpha value is 0.862. The summed E-state index contributed by atoms with van der Waals surface area (Å²) in [5.74, 6) is 0. The third-order valence-corrected chi connectivity index (χ3v) is 0. The maximum absolute atomic E-state index is 4.25. The molecule has 0 aromatic carbocycles. The fourth-order valence-electron chi connectivity index (χ4n) is 0. The molecule has 0 unspecified atom stereocenters. The van der Waals surface area contributed by atoms with Gasteiger partial charge in [-0.15, -0.1) is 0 Å². The second-order valence-corrected chi connectivity index (χ2v) is 0. The van der Waals surface area contributed by atoms with Crippen molar-refractivity contribution < 1.29 is 21.1 Å². The van der Waals surface area contributed by atoms with E-state index in [-0.39, 0.29) is 43.0 Å². The minimum atomic E-state index is 0. The van der Waals surface area contributed by atoms with E-state index in [1.54, 1.807) is 0 Å². The van der Waals surface area contributed by atoms with Crippen LogP contribution in [0.1, 0.15) is 0 Å². The van der Waals surface area contributed by atoms with Crippen molar-refractivity contribution >= 4 is 21.9 Å². The van der Waals surface area contributed by atoms with E-state index < -0.39 is 0 Å². The summed E-state index contributed by atoms with van der Waals surface area (Å²) in [6, 6.07) is 0. The molecular formula is C2H9PtSi2-. The van der Waals surface area contributed by atoms with Crippen LogP contribution >= 0.6 is 0 Å². The van der Waals surface area contributed by atoms with Crippen molar-refractivity contribution in [2.75, 3.05) is 0 Å². The first-order chi connectivity index (χ1) is 1.00. The maximum Gasteiger partial charge on any atom is 0 e. The minimum absolute atomic E-state index is 0. The SMILES string of the molecule is [CH-]=C.[Pt].[SiH3].[SiH3]. The molecule has 0 heterocycles. The van der Waals surface area contributed by atoms with Crippen molar-refractivity contribution in [3.8, 4) is 0 Å². The molecule has 0 aliphatic heterocycles. The van der Waals surface area contributed by atoms with Gasteiger partial charge in [-0.25, -0.2) is 0 Å². The smallest absolute Gasteiger partial charge is 0 e. The van der Waals surface area contributed by atoms with Crippen molar-refractivity contribution in [2.24, 2.45) is 0 Å². The molecule has 0 saturated carbocycles. The first-order valence-corrected chi connectivity index (χ1v) is 0.408. The fraction of sp³-hybridized carbons (Fsp3) is 0. The molecule has 0 aromatic heterocycles. The van der Waals surface area contributed by atoms with Gasteiger partial charge in [0.2, 0.25) is 0 Å². The largest absolute Gasteiger partial charge is 0.521 e. The van der Waals surface area contributed by atoms with Gasteiger partial charge in [0.05, 0.1) is 0 Å². The van der Waals surface area contributed by atoms with Crippen LogP contribution < -0.4 is 0 Å². The van der Waals surface area contributed by atoms with Gasteiger partial charge in [0, 0.05) is 21.1 Å². The van der Waals surface area contributed by atoms with Crippen molar-refractivity contribution in [3.63, 3.8) is 0 Å². The Morgan fingerprint density at radius 1 is 1.00 bits per heavy atom. The number of hydrogen-bond acceptors (Lipinski definition) is 0. The molecule has 5 heavy (non-hydrogen) atoms. The van der Waals surface area contributed by atoms with Crippen LogP contribution in [0.4, 0.5) is 0 Å². The van der Waals surface area contributed by atoms with E-state index in [4.69, 9.17) is 0 Å². The first-order valence-electron chi connectivity index (χ1n) is 0.408. The van der Waals surface area contributed by atoms with Crippen LogP contribution in [0.5, 0.6) is 0 Å². The van der Waals surface area contributed by atoms with Gasteiger partial charge in [-0.2, -0.15) is 0 Å². The minimum Gasteiger partial charge on any atom is -0.521 e. The molecule has 0 nitrogen and oxygen atoms in total. The van der Waals surface area contributed by atoms with Gasteiger partial charge < -0.3 is 6.58 Å². The van der Waals surface area contributed by atoms with Crippen LogP contribution in [0, 0.1) is 6.58 Å². The molecule has 0 atom stereocenters. The van der Waals surface area contributed by atoms with Gasteiger partial charge in [0.1, 0.15) is 0 Å². The third-order valence-electron chi connectivity index (χ3n) is 0. The van der Waals surface area contributed by atoms with Crippen LogP contribution in [-0.2, 0) is 21.1 Å². The van der Waals surface area contributed by atoms with Crippen molar-refractivity contribution in [1.29, 1.82) is 0 Å². The summed E-state index contributed by atoms with van der Waals surface area (Å²) in [6.45, 7) is 7.00. The molecule has 0 fully saturated rings. The van der Waals surface area contributed by atoms with Crippen LogP contribution in [0.3, 0.4) is 0 Å². The first kappa shape index (κ1) is 40.0. The van der Waals surface area contributed by atoms with E-state index in [2.05, 4.69) is 13.2 Å². The third kappa shape index (κ3) is 53.6. The zero-order valence-corrected chi connectivity index (χ0v) is 9.87. The van der Waals surface area contributed by atoms with Gasteiger partial charge in [-0.05, 0) is 21.9 Å². The summed E-state index contributed by atoms with van der Waals surface area (Å²) in [5, 5.41) is 0. The van der Waals surface area contributed by atoms with Gasteiger partial charge in [0.25, 0.3) is 0 Å². The topological polar surface area (TPSA) is 0 Å². The fourth-order valence-corrected chi connectivity index (χ4v) is 0. The standard InChI is InChI=1S/C2H3.Pt.2H3Si/c1-2;;;/h1H,2H2;;2*1H3/q-1;;;. The molecule has 0 saturated heterocycles. The Kier molecular flexibility index (Phi) is 780.